The Hall–Kier alpha value is -3.94. The number of hydrogen-bond acceptors (Lipinski definition) is 4. The molecule has 0 spiro atoms. The molecule has 0 fully saturated rings. The number of hydrogen-bond donors (Lipinski definition) is 3. The molecule has 0 aliphatic carbocycles. The van der Waals surface area contributed by atoms with Crippen molar-refractivity contribution < 1.29 is 9.18 Å². The highest BCUT2D eigenvalue weighted by Crippen LogP contribution is 2.28. The summed E-state index contributed by atoms with van der Waals surface area (Å²) >= 11 is 0. The van der Waals surface area contributed by atoms with Crippen LogP contribution in [0.25, 0.3) is 16.6 Å². The van der Waals surface area contributed by atoms with Crippen molar-refractivity contribution in [1.82, 2.24) is 14.8 Å². The minimum atomic E-state index is -0.412. The van der Waals surface area contributed by atoms with Crippen LogP contribution in [0.3, 0.4) is 0 Å². The highest BCUT2D eigenvalue weighted by atomic mass is 19.1. The maximum absolute atomic E-state index is 13.3. The second kappa shape index (κ2) is 6.99. The van der Waals surface area contributed by atoms with Gasteiger partial charge in [-0.25, -0.2) is 13.7 Å². The Kier molecular flexibility index (Phi) is 4.36. The molecule has 2 aromatic carbocycles. The van der Waals surface area contributed by atoms with Crippen LogP contribution in [0.2, 0.25) is 0 Å². The molecule has 0 aliphatic rings. The van der Waals surface area contributed by atoms with Crippen molar-refractivity contribution in [2.24, 2.45) is 0 Å². The number of aryl methyl sites for hydroxylation is 1. The number of nitrogens with one attached hydrogen (secondary N) is 2. The van der Waals surface area contributed by atoms with E-state index in [4.69, 9.17) is 5.73 Å². The second-order valence-electron chi connectivity index (χ2n) is 6.31. The van der Waals surface area contributed by atoms with Crippen LogP contribution >= 0.6 is 0 Å². The van der Waals surface area contributed by atoms with E-state index in [1.807, 2.05) is 24.3 Å². The number of nitrogens with zero attached hydrogens (tertiary/aromatic N) is 3. The third-order valence-electron chi connectivity index (χ3n) is 4.34. The zero-order valence-corrected chi connectivity index (χ0v) is 15.0. The largest absolute Gasteiger partial charge is 0.380 e. The molecule has 4 aromatic rings. The van der Waals surface area contributed by atoms with Gasteiger partial charge < -0.3 is 16.4 Å². The number of amides is 2. The van der Waals surface area contributed by atoms with Crippen molar-refractivity contribution in [3.63, 3.8) is 0 Å². The molecular weight excluding hydrogens is 359 g/mol. The monoisotopic (exact) mass is 376 g/mol. The van der Waals surface area contributed by atoms with Crippen LogP contribution in [0.4, 0.5) is 26.4 Å². The van der Waals surface area contributed by atoms with E-state index < -0.39 is 6.03 Å². The van der Waals surface area contributed by atoms with Crippen LogP contribution in [0.1, 0.15) is 5.56 Å². The molecule has 0 saturated carbocycles. The van der Waals surface area contributed by atoms with Gasteiger partial charge in [-0.05, 0) is 54.4 Å². The van der Waals surface area contributed by atoms with Crippen LogP contribution in [-0.4, -0.2) is 20.9 Å². The van der Waals surface area contributed by atoms with Crippen LogP contribution in [-0.2, 0) is 0 Å². The Balaban J connectivity index is 1.51. The molecule has 2 amide bonds. The van der Waals surface area contributed by atoms with E-state index in [0.717, 1.165) is 16.6 Å². The van der Waals surface area contributed by atoms with E-state index in [0.29, 0.717) is 22.8 Å². The third-order valence-corrected chi connectivity index (χ3v) is 4.34. The van der Waals surface area contributed by atoms with Crippen molar-refractivity contribution in [3.05, 3.63) is 72.2 Å². The zero-order chi connectivity index (χ0) is 19.7. The number of urea groups is 1. The normalized spacial score (nSPS) is 10.8. The highest BCUT2D eigenvalue weighted by Gasteiger charge is 2.10. The second-order valence-corrected chi connectivity index (χ2v) is 6.31. The van der Waals surface area contributed by atoms with E-state index in [1.165, 1.54) is 12.1 Å². The van der Waals surface area contributed by atoms with Crippen molar-refractivity contribution in [2.75, 3.05) is 16.4 Å². The van der Waals surface area contributed by atoms with E-state index >= 15 is 0 Å². The first-order valence-corrected chi connectivity index (χ1v) is 8.55. The fourth-order valence-corrected chi connectivity index (χ4v) is 2.95. The smallest absolute Gasteiger partial charge is 0.323 e. The van der Waals surface area contributed by atoms with Gasteiger partial charge in [0.15, 0.2) is 5.82 Å². The topological polar surface area (TPSA) is 97.3 Å². The first-order chi connectivity index (χ1) is 13.5. The Labute approximate surface area is 160 Å². The van der Waals surface area contributed by atoms with Gasteiger partial charge >= 0.3 is 6.03 Å². The lowest BCUT2D eigenvalue weighted by Crippen LogP contribution is -2.19. The molecule has 2 aromatic heterocycles. The summed E-state index contributed by atoms with van der Waals surface area (Å²) in [5.41, 5.74) is 10.1. The first kappa shape index (κ1) is 17.5. The van der Waals surface area contributed by atoms with Gasteiger partial charge in [0.05, 0.1) is 0 Å². The van der Waals surface area contributed by atoms with Gasteiger partial charge in [-0.2, -0.15) is 0 Å². The summed E-state index contributed by atoms with van der Waals surface area (Å²) in [5.74, 6) is 0.0392. The number of rotatable bonds is 3. The van der Waals surface area contributed by atoms with Gasteiger partial charge in [0.1, 0.15) is 11.3 Å². The molecule has 0 radical (unpaired) electrons. The molecule has 0 aliphatic heterocycles. The average molecular weight is 376 g/mol. The summed E-state index contributed by atoms with van der Waals surface area (Å²) in [5, 5.41) is 13.3. The summed E-state index contributed by atoms with van der Waals surface area (Å²) in [6.07, 6.45) is 1.78. The molecule has 8 heteroatoms. The Morgan fingerprint density at radius 2 is 1.79 bits per heavy atom. The van der Waals surface area contributed by atoms with Crippen LogP contribution in [0.5, 0.6) is 0 Å². The Morgan fingerprint density at radius 3 is 2.54 bits per heavy atom. The summed E-state index contributed by atoms with van der Waals surface area (Å²) in [6.45, 7) is 1.64. The minimum absolute atomic E-state index is 0.314. The zero-order valence-electron chi connectivity index (χ0n) is 15.0. The third kappa shape index (κ3) is 3.35. The molecule has 4 N–H and O–H groups in total. The van der Waals surface area contributed by atoms with E-state index in [9.17, 15) is 9.18 Å². The molecular formula is C20H17FN6O. The average Bonchev–Trinajstić information content (AvgIpc) is 3.07. The number of pyridine rings is 1. The number of benzene rings is 2. The number of halogens is 1. The summed E-state index contributed by atoms with van der Waals surface area (Å²) in [4.78, 5) is 12.2. The Bertz CT molecular complexity index is 1170. The predicted octanol–water partition coefficient (Wildman–Crippen LogP) is 4.07. The number of aromatic nitrogens is 3. The van der Waals surface area contributed by atoms with Crippen molar-refractivity contribution in [2.45, 2.75) is 6.92 Å². The van der Waals surface area contributed by atoms with Crippen LogP contribution in [0, 0.1) is 12.7 Å². The molecule has 4 rings (SSSR count). The van der Waals surface area contributed by atoms with Gasteiger partial charge in [0, 0.05) is 23.1 Å². The number of nitrogens with two attached hydrogens (primary N) is 1. The number of nitrogen functional groups attached to an aromatic ring is 1. The summed E-state index contributed by atoms with van der Waals surface area (Å²) < 4.78 is 14.9. The van der Waals surface area contributed by atoms with Gasteiger partial charge in [-0.3, -0.25) is 0 Å². The standard InChI is InChI=1S/C20H17FN6O/c1-12-11-15(8-9-17(12)21)24-20(28)23-14-6-4-13(5-7-14)16-3-2-10-27-18(16)19(22)25-26-27/h2-11H,22H2,1H3,(H2,23,24,28). The maximum atomic E-state index is 13.3. The predicted molar refractivity (Wildman–Crippen MR) is 107 cm³/mol. The molecule has 28 heavy (non-hydrogen) atoms. The molecule has 0 atom stereocenters. The molecule has 7 nitrogen and oxygen atoms in total. The lowest BCUT2D eigenvalue weighted by molar-refractivity contribution is 0.262. The highest BCUT2D eigenvalue weighted by molar-refractivity contribution is 6.00. The minimum Gasteiger partial charge on any atom is -0.380 e. The van der Waals surface area contributed by atoms with Crippen LogP contribution in [0.15, 0.2) is 60.8 Å². The number of carbonyl (C=O) groups excluding carboxylic acids is 1. The number of fused-ring (bicyclic) bond motifs is 1. The quantitative estimate of drug-likeness (QED) is 0.502. The van der Waals surface area contributed by atoms with E-state index in [2.05, 4.69) is 20.9 Å². The van der Waals surface area contributed by atoms with Crippen molar-refractivity contribution in [1.29, 1.82) is 0 Å². The lowest BCUT2D eigenvalue weighted by atomic mass is 10.1. The van der Waals surface area contributed by atoms with E-state index in [1.54, 1.807) is 35.8 Å². The van der Waals surface area contributed by atoms with Crippen molar-refractivity contribution in [3.8, 4) is 11.1 Å². The summed E-state index contributed by atoms with van der Waals surface area (Å²) in [7, 11) is 0. The van der Waals surface area contributed by atoms with Gasteiger partial charge in [-0.15, -0.1) is 5.10 Å². The van der Waals surface area contributed by atoms with Gasteiger partial charge in [0.2, 0.25) is 0 Å². The fourth-order valence-electron chi connectivity index (χ4n) is 2.95. The molecule has 0 bridgehead atoms. The molecule has 0 unspecified atom stereocenters. The summed E-state index contributed by atoms with van der Waals surface area (Å²) in [6, 6.07) is 15.1. The van der Waals surface area contributed by atoms with Gasteiger partial charge in [-0.1, -0.05) is 23.4 Å². The van der Waals surface area contributed by atoms with E-state index in [-0.39, 0.29) is 5.82 Å². The Morgan fingerprint density at radius 1 is 1.07 bits per heavy atom. The molecule has 140 valence electrons. The number of carbonyl (C=O) groups is 1. The van der Waals surface area contributed by atoms with Crippen molar-refractivity contribution >= 4 is 28.7 Å². The van der Waals surface area contributed by atoms with Crippen LogP contribution < -0.4 is 16.4 Å². The lowest BCUT2D eigenvalue weighted by Gasteiger charge is -2.10. The maximum Gasteiger partial charge on any atom is 0.323 e. The molecule has 0 saturated heterocycles. The molecule has 2 heterocycles. The number of anilines is 3. The fraction of sp³-hybridized carbons (Fsp3) is 0.0500. The first-order valence-electron chi connectivity index (χ1n) is 8.55. The SMILES string of the molecule is Cc1cc(NC(=O)Nc2ccc(-c3cccn4nnc(N)c34)cc2)ccc1F. The van der Waals surface area contributed by atoms with Gasteiger partial charge in [0.25, 0.3) is 0 Å².